The van der Waals surface area contributed by atoms with Crippen LogP contribution in [0.25, 0.3) is 77.2 Å². The maximum Gasteiger partial charge on any atom is 0.0462 e. The van der Waals surface area contributed by atoms with E-state index >= 15 is 0 Å². The maximum atomic E-state index is 2.37. The summed E-state index contributed by atoms with van der Waals surface area (Å²) in [6.45, 7) is 0. The molecule has 0 atom stereocenters. The van der Waals surface area contributed by atoms with Gasteiger partial charge in [0.05, 0.1) is 0 Å². The standard InChI is InChI=1S/C50H33N/c1-5-16-35(17-6-1)46-42-24-13-14-25-43(42)47(36-18-7-2-8-19-36)50-45-33-32-40(41-26-15-27-44(48(41)45)49(46)50)34-28-30-39(31-29-34)51(37-20-9-3-10-21-37)38-22-11-4-12-23-38/h1-33H. The molecule has 0 aromatic heterocycles. The molecule has 238 valence electrons. The second kappa shape index (κ2) is 12.0. The first-order valence-electron chi connectivity index (χ1n) is 17.6. The van der Waals surface area contributed by atoms with Gasteiger partial charge in [-0.05, 0) is 114 Å². The van der Waals surface area contributed by atoms with Crippen molar-refractivity contribution in [1.82, 2.24) is 0 Å². The van der Waals surface area contributed by atoms with E-state index in [-0.39, 0.29) is 0 Å². The molecule has 1 nitrogen and oxygen atoms in total. The molecule has 0 bridgehead atoms. The Labute approximate surface area is 298 Å². The van der Waals surface area contributed by atoms with E-state index in [2.05, 4.69) is 205 Å². The summed E-state index contributed by atoms with van der Waals surface area (Å²) in [5, 5.41) is 5.17. The molecule has 0 unspecified atom stereocenters. The van der Waals surface area contributed by atoms with Crippen LogP contribution in [0, 0.1) is 0 Å². The van der Waals surface area contributed by atoms with Crippen molar-refractivity contribution in [2.45, 2.75) is 0 Å². The molecule has 0 spiro atoms. The van der Waals surface area contributed by atoms with Gasteiger partial charge in [0.15, 0.2) is 0 Å². The summed E-state index contributed by atoms with van der Waals surface area (Å²) >= 11 is 0. The van der Waals surface area contributed by atoms with E-state index in [9.17, 15) is 0 Å². The van der Waals surface area contributed by atoms with Crippen molar-refractivity contribution in [3.63, 3.8) is 0 Å². The van der Waals surface area contributed by atoms with E-state index in [1.54, 1.807) is 0 Å². The maximum absolute atomic E-state index is 2.37. The zero-order chi connectivity index (χ0) is 33.7. The summed E-state index contributed by atoms with van der Waals surface area (Å²) in [6.07, 6.45) is 0. The average molecular weight is 648 g/mol. The van der Waals surface area contributed by atoms with E-state index in [0.717, 1.165) is 17.1 Å². The zero-order valence-electron chi connectivity index (χ0n) is 28.0. The molecule has 1 aliphatic rings. The van der Waals surface area contributed by atoms with Crippen LogP contribution >= 0.6 is 0 Å². The molecule has 9 aromatic carbocycles. The molecule has 0 aliphatic heterocycles. The predicted molar refractivity (Wildman–Crippen MR) is 217 cm³/mol. The fourth-order valence-electron chi connectivity index (χ4n) is 8.25. The van der Waals surface area contributed by atoms with Gasteiger partial charge in [0.2, 0.25) is 0 Å². The summed E-state index contributed by atoms with van der Waals surface area (Å²) < 4.78 is 0. The highest BCUT2D eigenvalue weighted by molar-refractivity contribution is 6.28. The third kappa shape index (κ3) is 4.70. The van der Waals surface area contributed by atoms with Crippen LogP contribution in [0.2, 0.25) is 0 Å². The van der Waals surface area contributed by atoms with Crippen LogP contribution in [0.4, 0.5) is 17.1 Å². The molecular weight excluding hydrogens is 615 g/mol. The molecule has 0 amide bonds. The Morgan fingerprint density at radius 1 is 0.235 bits per heavy atom. The Morgan fingerprint density at radius 3 is 1.18 bits per heavy atom. The van der Waals surface area contributed by atoms with Gasteiger partial charge in [0.25, 0.3) is 0 Å². The molecular formula is C50H33N. The van der Waals surface area contributed by atoms with Gasteiger partial charge in [-0.2, -0.15) is 0 Å². The Morgan fingerprint density at radius 2 is 0.647 bits per heavy atom. The van der Waals surface area contributed by atoms with Crippen LogP contribution in [0.3, 0.4) is 0 Å². The molecule has 10 rings (SSSR count). The number of fused-ring (bicyclic) bond motifs is 4. The van der Waals surface area contributed by atoms with Crippen LogP contribution in [-0.2, 0) is 0 Å². The molecule has 51 heavy (non-hydrogen) atoms. The second-order valence-corrected chi connectivity index (χ2v) is 13.2. The first-order chi connectivity index (χ1) is 25.3. The Balaban J connectivity index is 1.19. The van der Waals surface area contributed by atoms with Crippen molar-refractivity contribution < 1.29 is 0 Å². The van der Waals surface area contributed by atoms with Gasteiger partial charge in [0.1, 0.15) is 0 Å². The highest BCUT2D eigenvalue weighted by atomic mass is 15.1. The van der Waals surface area contributed by atoms with Gasteiger partial charge in [-0.3, -0.25) is 0 Å². The lowest BCUT2D eigenvalue weighted by Crippen LogP contribution is -2.09. The number of benzene rings is 9. The van der Waals surface area contributed by atoms with E-state index in [1.165, 1.54) is 77.2 Å². The first kappa shape index (κ1) is 29.2. The zero-order valence-corrected chi connectivity index (χ0v) is 28.0. The van der Waals surface area contributed by atoms with Gasteiger partial charge in [-0.25, -0.2) is 0 Å². The van der Waals surface area contributed by atoms with Crippen LogP contribution in [-0.4, -0.2) is 0 Å². The van der Waals surface area contributed by atoms with Gasteiger partial charge in [-0.1, -0.05) is 164 Å². The first-order valence-corrected chi connectivity index (χ1v) is 17.6. The second-order valence-electron chi connectivity index (χ2n) is 13.2. The molecule has 1 aliphatic carbocycles. The van der Waals surface area contributed by atoms with Crippen molar-refractivity contribution in [1.29, 1.82) is 0 Å². The molecule has 0 heterocycles. The van der Waals surface area contributed by atoms with Gasteiger partial charge >= 0.3 is 0 Å². The number of hydrogen-bond donors (Lipinski definition) is 0. The Bertz CT molecular complexity index is 2570. The van der Waals surface area contributed by atoms with E-state index in [1.807, 2.05) is 0 Å². The van der Waals surface area contributed by atoms with Crippen LogP contribution in [0.5, 0.6) is 0 Å². The number of hydrogen-bond acceptors (Lipinski definition) is 1. The predicted octanol–water partition coefficient (Wildman–Crippen LogP) is 14.1. The summed E-state index contributed by atoms with van der Waals surface area (Å²) in [5.41, 5.74) is 16.2. The third-order valence-electron chi connectivity index (χ3n) is 10.4. The molecule has 0 fully saturated rings. The molecule has 0 radical (unpaired) electrons. The van der Waals surface area contributed by atoms with Gasteiger partial charge in [0, 0.05) is 17.1 Å². The van der Waals surface area contributed by atoms with Crippen molar-refractivity contribution >= 4 is 38.6 Å². The third-order valence-corrected chi connectivity index (χ3v) is 10.4. The van der Waals surface area contributed by atoms with Crippen LogP contribution in [0.1, 0.15) is 0 Å². The summed E-state index contributed by atoms with van der Waals surface area (Å²) in [4.78, 5) is 2.31. The van der Waals surface area contributed by atoms with E-state index in [0.29, 0.717) is 0 Å². The minimum Gasteiger partial charge on any atom is -0.311 e. The number of anilines is 3. The Hall–Kier alpha value is -6.70. The smallest absolute Gasteiger partial charge is 0.0462 e. The minimum absolute atomic E-state index is 1.13. The monoisotopic (exact) mass is 647 g/mol. The van der Waals surface area contributed by atoms with Crippen molar-refractivity contribution in [3.05, 3.63) is 200 Å². The number of rotatable bonds is 6. The van der Waals surface area contributed by atoms with Crippen molar-refractivity contribution in [2.75, 3.05) is 4.90 Å². The molecule has 0 N–H and O–H groups in total. The number of para-hydroxylation sites is 2. The topological polar surface area (TPSA) is 3.24 Å². The molecule has 0 saturated heterocycles. The van der Waals surface area contributed by atoms with Crippen molar-refractivity contribution in [2.24, 2.45) is 0 Å². The lowest BCUT2D eigenvalue weighted by atomic mass is 9.82. The quantitative estimate of drug-likeness (QED) is 0.174. The van der Waals surface area contributed by atoms with Gasteiger partial charge in [-0.15, -0.1) is 0 Å². The Kier molecular flexibility index (Phi) is 6.89. The fourth-order valence-corrected chi connectivity index (χ4v) is 8.25. The summed E-state index contributed by atoms with van der Waals surface area (Å²) in [7, 11) is 0. The lowest BCUT2D eigenvalue weighted by Gasteiger charge is -2.25. The summed E-state index contributed by atoms with van der Waals surface area (Å²) in [5.74, 6) is 0. The van der Waals surface area contributed by atoms with Gasteiger partial charge < -0.3 is 4.90 Å². The average Bonchev–Trinajstić information content (AvgIpc) is 3.54. The minimum atomic E-state index is 1.13. The van der Waals surface area contributed by atoms with Crippen LogP contribution < -0.4 is 4.90 Å². The highest BCUT2D eigenvalue weighted by Crippen LogP contribution is 2.58. The van der Waals surface area contributed by atoms with E-state index in [4.69, 9.17) is 0 Å². The van der Waals surface area contributed by atoms with Crippen molar-refractivity contribution in [3.8, 4) is 55.6 Å². The molecule has 1 heteroatoms. The summed E-state index contributed by atoms with van der Waals surface area (Å²) in [6, 6.07) is 72.7. The highest BCUT2D eigenvalue weighted by Gasteiger charge is 2.31. The fraction of sp³-hybridized carbons (Fsp3) is 0. The lowest BCUT2D eigenvalue weighted by molar-refractivity contribution is 1.28. The van der Waals surface area contributed by atoms with E-state index < -0.39 is 0 Å². The number of nitrogens with zero attached hydrogens (tertiary/aromatic N) is 1. The molecule has 0 saturated carbocycles. The SMILES string of the molecule is c1ccc(-c2c3c(c(-c4ccccc4)c4ccccc24)-c2ccc(-c4ccc(N(c5ccccc5)c5ccccc5)cc4)c4cccc-3c24)cc1. The molecule has 9 aromatic rings. The largest absolute Gasteiger partial charge is 0.311 e. The van der Waals surface area contributed by atoms with Crippen LogP contribution in [0.15, 0.2) is 200 Å². The normalized spacial score (nSPS) is 11.5.